The second kappa shape index (κ2) is 4.94. The van der Waals surface area contributed by atoms with E-state index in [0.717, 1.165) is 22.8 Å². The number of imidazole rings is 1. The summed E-state index contributed by atoms with van der Waals surface area (Å²) in [6.07, 6.45) is 4.97. The molecule has 6 rings (SSSR count). The number of hydrogen-bond donors (Lipinski definition) is 2. The van der Waals surface area contributed by atoms with Crippen molar-refractivity contribution in [1.82, 2.24) is 29.8 Å². The van der Waals surface area contributed by atoms with E-state index in [1.807, 2.05) is 42.5 Å². The molecule has 2 bridgehead atoms. The molecule has 8 nitrogen and oxygen atoms in total. The van der Waals surface area contributed by atoms with Gasteiger partial charge in [-0.25, -0.2) is 9.36 Å². The van der Waals surface area contributed by atoms with Crippen LogP contribution in [-0.4, -0.2) is 34.9 Å². The Morgan fingerprint density at radius 3 is 2.74 bits per heavy atom. The van der Waals surface area contributed by atoms with Gasteiger partial charge in [0, 0.05) is 16.9 Å². The van der Waals surface area contributed by atoms with Crippen molar-refractivity contribution in [1.29, 1.82) is 0 Å². The third-order valence-corrected chi connectivity index (χ3v) is 5.57. The van der Waals surface area contributed by atoms with Gasteiger partial charge in [-0.15, -0.1) is 10.2 Å². The lowest BCUT2D eigenvalue weighted by Gasteiger charge is -2.11. The molecule has 0 saturated heterocycles. The van der Waals surface area contributed by atoms with E-state index >= 15 is 0 Å². The van der Waals surface area contributed by atoms with Crippen molar-refractivity contribution in [3.63, 3.8) is 0 Å². The molecule has 8 heteroatoms. The van der Waals surface area contributed by atoms with E-state index in [0.29, 0.717) is 17.2 Å². The number of H-pyrrole nitrogens is 1. The molecular weight excluding hydrogens is 344 g/mol. The molecule has 2 aliphatic rings. The van der Waals surface area contributed by atoms with Gasteiger partial charge in [-0.05, 0) is 29.2 Å². The van der Waals surface area contributed by atoms with Crippen molar-refractivity contribution in [3.8, 4) is 23.0 Å². The van der Waals surface area contributed by atoms with Crippen LogP contribution in [0, 0.1) is 0 Å². The fourth-order valence-corrected chi connectivity index (χ4v) is 4.43. The fourth-order valence-electron chi connectivity index (χ4n) is 4.43. The molecule has 0 radical (unpaired) electrons. The molecule has 0 spiro atoms. The van der Waals surface area contributed by atoms with Crippen molar-refractivity contribution < 1.29 is 5.11 Å². The van der Waals surface area contributed by atoms with Crippen LogP contribution in [0.1, 0.15) is 24.1 Å². The summed E-state index contributed by atoms with van der Waals surface area (Å²) in [5, 5.41) is 26.8. The zero-order valence-corrected chi connectivity index (χ0v) is 14.1. The summed E-state index contributed by atoms with van der Waals surface area (Å²) < 4.78 is 3.12. The lowest BCUT2D eigenvalue weighted by atomic mass is 10.0. The standard InChI is InChI=1S/C19H14N6O2/c26-18-16-10-5-6-11(9-10)24(16)19(27)25(18)15-8-7-14(17-20-22-23-21-17)12-3-1-2-4-13(12)15/h1-8,10-11,26H,9H2,(H,20,21,22,23). The molecule has 1 aliphatic carbocycles. The number of rotatable bonds is 2. The Labute approximate surface area is 152 Å². The Kier molecular flexibility index (Phi) is 2.65. The lowest BCUT2D eigenvalue weighted by molar-refractivity contribution is 0.433. The van der Waals surface area contributed by atoms with Gasteiger partial charge in [0.15, 0.2) is 0 Å². The van der Waals surface area contributed by atoms with Gasteiger partial charge in [-0.2, -0.15) is 5.21 Å². The molecule has 4 aromatic rings. The summed E-state index contributed by atoms with van der Waals surface area (Å²) in [7, 11) is 0. The third-order valence-electron chi connectivity index (χ3n) is 5.57. The Hall–Kier alpha value is -3.68. The molecular formula is C19H14N6O2. The first-order chi connectivity index (χ1) is 13.2. The number of aromatic hydroxyl groups is 1. The van der Waals surface area contributed by atoms with Gasteiger partial charge in [0.05, 0.1) is 17.4 Å². The van der Waals surface area contributed by atoms with E-state index in [-0.39, 0.29) is 23.5 Å². The van der Waals surface area contributed by atoms with E-state index in [2.05, 4.69) is 26.7 Å². The number of tetrazole rings is 1. The first-order valence-electron chi connectivity index (χ1n) is 8.74. The quantitative estimate of drug-likeness (QED) is 0.535. The summed E-state index contributed by atoms with van der Waals surface area (Å²) in [4.78, 5) is 13.1. The number of nitrogens with zero attached hydrogens (tertiary/aromatic N) is 5. The molecule has 2 N–H and O–H groups in total. The summed E-state index contributed by atoms with van der Waals surface area (Å²) in [5.41, 5.74) is 1.95. The highest BCUT2D eigenvalue weighted by molar-refractivity contribution is 6.00. The largest absolute Gasteiger partial charge is 0.493 e. The van der Waals surface area contributed by atoms with Crippen LogP contribution in [0.5, 0.6) is 5.88 Å². The fraction of sp³-hybridized carbons (Fsp3) is 0.158. The van der Waals surface area contributed by atoms with Crippen LogP contribution < -0.4 is 5.69 Å². The minimum absolute atomic E-state index is 0.0225. The topological polar surface area (TPSA) is 102 Å². The Balaban J connectivity index is 1.65. The van der Waals surface area contributed by atoms with Gasteiger partial charge in [0.1, 0.15) is 0 Å². The van der Waals surface area contributed by atoms with Crippen molar-refractivity contribution >= 4 is 10.8 Å². The molecule has 27 heavy (non-hydrogen) atoms. The van der Waals surface area contributed by atoms with E-state index in [4.69, 9.17) is 0 Å². The van der Waals surface area contributed by atoms with Crippen LogP contribution in [0.2, 0.25) is 0 Å². The SMILES string of the molecule is O=c1n(-c2ccc(-c3nn[nH]n3)c3ccccc23)c(O)c2n1C1C=CC2C1. The zero-order valence-electron chi connectivity index (χ0n) is 14.1. The summed E-state index contributed by atoms with van der Waals surface area (Å²) in [5.74, 6) is 0.610. The second-order valence-electron chi connectivity index (χ2n) is 6.90. The number of allylic oxidation sites excluding steroid dienone is 2. The number of aromatic amines is 1. The smallest absolute Gasteiger partial charge is 0.336 e. The maximum atomic E-state index is 13.1. The van der Waals surface area contributed by atoms with Gasteiger partial charge in [0.25, 0.3) is 0 Å². The number of hydrogen-bond acceptors (Lipinski definition) is 5. The van der Waals surface area contributed by atoms with Crippen molar-refractivity contribution in [2.45, 2.75) is 18.4 Å². The highest BCUT2D eigenvalue weighted by Crippen LogP contribution is 2.47. The van der Waals surface area contributed by atoms with E-state index in [1.54, 1.807) is 4.57 Å². The Morgan fingerprint density at radius 2 is 1.96 bits per heavy atom. The predicted molar refractivity (Wildman–Crippen MR) is 97.9 cm³/mol. The van der Waals surface area contributed by atoms with Crippen LogP contribution >= 0.6 is 0 Å². The van der Waals surface area contributed by atoms with Gasteiger partial charge < -0.3 is 5.11 Å². The van der Waals surface area contributed by atoms with Gasteiger partial charge in [-0.1, -0.05) is 36.4 Å². The van der Waals surface area contributed by atoms with Gasteiger partial charge in [0.2, 0.25) is 11.7 Å². The van der Waals surface area contributed by atoms with Crippen LogP contribution in [0.4, 0.5) is 0 Å². The minimum atomic E-state index is -0.211. The van der Waals surface area contributed by atoms with Crippen LogP contribution in [-0.2, 0) is 0 Å². The normalized spacial score (nSPS) is 19.9. The van der Waals surface area contributed by atoms with E-state index in [9.17, 15) is 9.90 Å². The van der Waals surface area contributed by atoms with E-state index in [1.165, 1.54) is 4.57 Å². The summed E-state index contributed by atoms with van der Waals surface area (Å²) in [6.45, 7) is 0. The molecule has 0 saturated carbocycles. The first-order valence-corrected chi connectivity index (χ1v) is 8.74. The molecule has 3 heterocycles. The molecule has 2 atom stereocenters. The minimum Gasteiger partial charge on any atom is -0.493 e. The highest BCUT2D eigenvalue weighted by Gasteiger charge is 2.39. The van der Waals surface area contributed by atoms with Crippen molar-refractivity contribution in [2.24, 2.45) is 0 Å². The van der Waals surface area contributed by atoms with Gasteiger partial charge in [-0.3, -0.25) is 4.57 Å². The summed E-state index contributed by atoms with van der Waals surface area (Å²) >= 11 is 0. The maximum absolute atomic E-state index is 13.1. The molecule has 2 aromatic heterocycles. The highest BCUT2D eigenvalue weighted by atomic mass is 16.3. The predicted octanol–water partition coefficient (Wildman–Crippen LogP) is 2.28. The van der Waals surface area contributed by atoms with Crippen LogP contribution in [0.25, 0.3) is 27.8 Å². The Bertz CT molecular complexity index is 1300. The Morgan fingerprint density at radius 1 is 1.11 bits per heavy atom. The molecule has 0 fully saturated rings. The van der Waals surface area contributed by atoms with Crippen molar-refractivity contribution in [2.75, 3.05) is 0 Å². The third kappa shape index (κ3) is 1.76. The number of aromatic nitrogens is 6. The molecule has 1 aliphatic heterocycles. The molecule has 0 amide bonds. The monoisotopic (exact) mass is 358 g/mol. The zero-order chi connectivity index (χ0) is 18.1. The lowest BCUT2D eigenvalue weighted by Crippen LogP contribution is -2.24. The van der Waals surface area contributed by atoms with Gasteiger partial charge >= 0.3 is 5.69 Å². The number of fused-ring (bicyclic) bond motifs is 6. The van der Waals surface area contributed by atoms with Crippen LogP contribution in [0.3, 0.4) is 0 Å². The molecule has 2 unspecified atom stereocenters. The summed E-state index contributed by atoms with van der Waals surface area (Å²) in [6, 6.07) is 11.4. The molecule has 132 valence electrons. The van der Waals surface area contributed by atoms with Crippen LogP contribution in [0.15, 0.2) is 53.3 Å². The van der Waals surface area contributed by atoms with E-state index < -0.39 is 0 Å². The molecule has 2 aromatic carbocycles. The average molecular weight is 358 g/mol. The maximum Gasteiger partial charge on any atom is 0.336 e. The average Bonchev–Trinajstić information content (AvgIpc) is 3.46. The second-order valence-corrected chi connectivity index (χ2v) is 6.90. The number of benzene rings is 2. The first kappa shape index (κ1) is 14.5. The number of nitrogens with one attached hydrogen (secondary N) is 1. The van der Waals surface area contributed by atoms with Crippen molar-refractivity contribution in [3.05, 3.63) is 64.7 Å².